The molecule has 5 fully saturated rings. The van der Waals surface area contributed by atoms with E-state index in [9.17, 15) is 24.3 Å². The van der Waals surface area contributed by atoms with Crippen LogP contribution in [0.2, 0.25) is 0 Å². The van der Waals surface area contributed by atoms with Crippen molar-refractivity contribution in [3.8, 4) is 0 Å². The first-order chi connectivity index (χ1) is 23.7. The molecule has 0 aromatic rings. The van der Waals surface area contributed by atoms with E-state index in [-0.39, 0.29) is 57.9 Å². The standard InChI is InChI=1S/C43H67NO7/c1-26(2)34-29(45)23-43(44-37(49)50-25-27-13-11-10-12-14-27)22-21-41(8)28(35(34)43)15-16-31-40(7)19-18-32(51-33(46)24-38(3,4)36(47)48)39(5,6)30(40)17-20-42(31,41)9/h26-27,30-32,34H,10-25H2,1-9H3,(H,44,49)(H,47,48)/t30?,31?,32-,34?,40-,41+,42+,43+/m0/s1. The fourth-order valence-corrected chi connectivity index (χ4v) is 13.2. The fourth-order valence-electron chi connectivity index (χ4n) is 13.2. The van der Waals surface area contributed by atoms with Crippen LogP contribution in [0.1, 0.15) is 159 Å². The number of nitrogens with one attached hydrogen (secondary N) is 1. The van der Waals surface area contributed by atoms with E-state index in [0.29, 0.717) is 30.8 Å². The number of allylic oxidation sites excluding steroid dienone is 1. The number of rotatable bonds is 8. The molecular formula is C43H67NO7. The largest absolute Gasteiger partial charge is 0.481 e. The number of aliphatic carboxylic acids is 1. The Morgan fingerprint density at radius 3 is 2.24 bits per heavy atom. The number of carbonyl (C=O) groups excluding carboxylic acids is 3. The smallest absolute Gasteiger partial charge is 0.407 e. The molecule has 0 saturated heterocycles. The van der Waals surface area contributed by atoms with Crippen LogP contribution in [0.4, 0.5) is 4.79 Å². The Balaban J connectivity index is 1.27. The molecule has 0 aromatic heterocycles. The fraction of sp³-hybridized carbons (Fsp3) is 0.860. The lowest BCUT2D eigenvalue weighted by atomic mass is 9.34. The maximum Gasteiger partial charge on any atom is 0.407 e. The number of fused-ring (bicyclic) bond motifs is 6. The number of ketones is 1. The maximum atomic E-state index is 14.0. The molecule has 5 saturated carbocycles. The molecule has 286 valence electrons. The number of esters is 1. The molecule has 0 spiro atoms. The molecule has 8 atom stereocenters. The van der Waals surface area contributed by atoms with Gasteiger partial charge < -0.3 is 19.9 Å². The molecule has 6 aliphatic rings. The van der Waals surface area contributed by atoms with Gasteiger partial charge >= 0.3 is 18.0 Å². The average Bonchev–Trinajstić information content (AvgIpc) is 3.33. The van der Waals surface area contributed by atoms with Gasteiger partial charge in [0.2, 0.25) is 0 Å². The Morgan fingerprint density at radius 1 is 0.902 bits per heavy atom. The van der Waals surface area contributed by atoms with Gasteiger partial charge in [-0.25, -0.2) is 4.79 Å². The van der Waals surface area contributed by atoms with Crippen molar-refractivity contribution in [3.63, 3.8) is 0 Å². The Kier molecular flexibility index (Phi) is 9.91. The maximum absolute atomic E-state index is 14.0. The van der Waals surface area contributed by atoms with Gasteiger partial charge in [0.05, 0.1) is 24.0 Å². The molecule has 51 heavy (non-hydrogen) atoms. The lowest BCUT2D eigenvalue weighted by Gasteiger charge is -2.70. The molecule has 0 aromatic carbocycles. The first kappa shape index (κ1) is 38.3. The molecule has 8 nitrogen and oxygen atoms in total. The van der Waals surface area contributed by atoms with E-state index >= 15 is 0 Å². The first-order valence-corrected chi connectivity index (χ1v) is 20.4. The number of carboxylic acid groups (broad SMARTS) is 1. The van der Waals surface area contributed by atoms with E-state index in [2.05, 4.69) is 53.8 Å². The van der Waals surface area contributed by atoms with Crippen LogP contribution in [0.25, 0.3) is 0 Å². The number of carbonyl (C=O) groups is 4. The van der Waals surface area contributed by atoms with E-state index in [1.54, 1.807) is 13.8 Å². The van der Waals surface area contributed by atoms with Crippen LogP contribution < -0.4 is 5.32 Å². The first-order valence-electron chi connectivity index (χ1n) is 20.4. The van der Waals surface area contributed by atoms with E-state index in [1.807, 2.05) is 0 Å². The Morgan fingerprint density at radius 2 is 1.59 bits per heavy atom. The van der Waals surface area contributed by atoms with Gasteiger partial charge in [-0.2, -0.15) is 0 Å². The van der Waals surface area contributed by atoms with Gasteiger partial charge in [0.1, 0.15) is 11.9 Å². The minimum absolute atomic E-state index is 0.0186. The van der Waals surface area contributed by atoms with Crippen molar-refractivity contribution in [2.75, 3.05) is 6.61 Å². The van der Waals surface area contributed by atoms with Crippen molar-refractivity contribution in [2.45, 2.75) is 170 Å². The van der Waals surface area contributed by atoms with E-state index < -0.39 is 22.9 Å². The highest BCUT2D eigenvalue weighted by Gasteiger charge is 2.69. The summed E-state index contributed by atoms with van der Waals surface area (Å²) in [6.07, 6.45) is 13.0. The third-order valence-corrected chi connectivity index (χ3v) is 16.2. The van der Waals surface area contributed by atoms with E-state index in [0.717, 1.165) is 64.2 Å². The van der Waals surface area contributed by atoms with Gasteiger partial charge in [0.15, 0.2) is 0 Å². The highest BCUT2D eigenvalue weighted by molar-refractivity contribution is 5.92. The number of Topliss-reactive ketones (excluding diaryl/α,β-unsaturated/α-hetero) is 1. The molecule has 0 aliphatic heterocycles. The lowest BCUT2D eigenvalue weighted by Crippen LogP contribution is -2.65. The van der Waals surface area contributed by atoms with E-state index in [1.165, 1.54) is 30.4 Å². The zero-order valence-corrected chi connectivity index (χ0v) is 33.2. The zero-order valence-electron chi connectivity index (χ0n) is 33.2. The van der Waals surface area contributed by atoms with Gasteiger partial charge in [0, 0.05) is 17.8 Å². The van der Waals surface area contributed by atoms with Gasteiger partial charge in [-0.05, 0) is 124 Å². The molecule has 6 rings (SSSR count). The Bertz CT molecular complexity index is 1460. The number of hydrogen-bond donors (Lipinski definition) is 2. The third-order valence-electron chi connectivity index (χ3n) is 16.2. The van der Waals surface area contributed by atoms with Gasteiger partial charge in [-0.1, -0.05) is 73.3 Å². The van der Waals surface area contributed by atoms with Crippen molar-refractivity contribution < 1.29 is 33.8 Å². The summed E-state index contributed by atoms with van der Waals surface area (Å²) in [7, 11) is 0. The SMILES string of the molecule is CC(C)C1C(=O)C[C@]2(NC(=O)OCC3CCCCC3)CC[C@]3(C)C(=C12)CCC1[C@@]2(C)CC[C@H](OC(=O)CC(C)(C)C(=O)O)C(C)(C)C2CC[C@]13C. The van der Waals surface area contributed by atoms with Gasteiger partial charge in [-0.3, -0.25) is 14.4 Å². The predicted molar refractivity (Wildman–Crippen MR) is 197 cm³/mol. The summed E-state index contributed by atoms with van der Waals surface area (Å²) >= 11 is 0. The summed E-state index contributed by atoms with van der Waals surface area (Å²) in [6.45, 7) is 20.0. The number of ether oxygens (including phenoxy) is 2. The highest BCUT2D eigenvalue weighted by atomic mass is 16.6. The topological polar surface area (TPSA) is 119 Å². The van der Waals surface area contributed by atoms with Crippen molar-refractivity contribution >= 4 is 23.8 Å². The summed E-state index contributed by atoms with van der Waals surface area (Å²) in [5, 5.41) is 13.0. The molecule has 8 heteroatoms. The second kappa shape index (κ2) is 13.2. The van der Waals surface area contributed by atoms with Crippen LogP contribution in [0.5, 0.6) is 0 Å². The Hall–Kier alpha value is -2.38. The van der Waals surface area contributed by atoms with Crippen LogP contribution in [0.15, 0.2) is 11.1 Å². The molecular weight excluding hydrogens is 642 g/mol. The monoisotopic (exact) mass is 709 g/mol. The number of alkyl carbamates (subject to hydrolysis) is 1. The molecule has 0 heterocycles. The summed E-state index contributed by atoms with van der Waals surface area (Å²) in [5.41, 5.74) is 0.566. The average molecular weight is 710 g/mol. The van der Waals surface area contributed by atoms with Crippen molar-refractivity contribution in [1.82, 2.24) is 5.32 Å². The van der Waals surface area contributed by atoms with Gasteiger partial charge in [0.25, 0.3) is 0 Å². The second-order valence-corrected chi connectivity index (χ2v) is 20.2. The molecule has 6 aliphatic carbocycles. The summed E-state index contributed by atoms with van der Waals surface area (Å²) in [5.74, 6) is 0.0843. The molecule has 2 N–H and O–H groups in total. The van der Waals surface area contributed by atoms with Crippen LogP contribution in [-0.4, -0.2) is 47.2 Å². The zero-order chi connectivity index (χ0) is 37.4. The van der Waals surface area contributed by atoms with Crippen LogP contribution in [0.3, 0.4) is 0 Å². The molecule has 3 unspecified atom stereocenters. The number of hydrogen-bond acceptors (Lipinski definition) is 6. The van der Waals surface area contributed by atoms with Crippen LogP contribution >= 0.6 is 0 Å². The Labute approximate surface area is 307 Å². The lowest BCUT2D eigenvalue weighted by molar-refractivity contribution is -0.214. The second-order valence-electron chi connectivity index (χ2n) is 20.2. The summed E-state index contributed by atoms with van der Waals surface area (Å²) in [6, 6.07) is 0. The number of amides is 1. The quantitative estimate of drug-likeness (QED) is 0.190. The van der Waals surface area contributed by atoms with E-state index in [4.69, 9.17) is 9.47 Å². The normalized spacial score (nSPS) is 39.4. The molecule has 0 radical (unpaired) electrons. The highest BCUT2D eigenvalue weighted by Crippen LogP contribution is 2.75. The predicted octanol–water partition coefficient (Wildman–Crippen LogP) is 9.44. The van der Waals surface area contributed by atoms with Crippen LogP contribution in [-0.2, 0) is 23.9 Å². The summed E-state index contributed by atoms with van der Waals surface area (Å²) < 4.78 is 12.1. The van der Waals surface area contributed by atoms with Crippen molar-refractivity contribution in [1.29, 1.82) is 0 Å². The van der Waals surface area contributed by atoms with Crippen LogP contribution in [0, 0.1) is 56.7 Å². The van der Waals surface area contributed by atoms with Gasteiger partial charge in [-0.15, -0.1) is 0 Å². The number of carboxylic acids is 1. The minimum Gasteiger partial charge on any atom is -0.481 e. The van der Waals surface area contributed by atoms with Crippen molar-refractivity contribution in [2.24, 2.45) is 56.7 Å². The molecule has 1 amide bonds. The minimum atomic E-state index is -1.16. The van der Waals surface area contributed by atoms with Crippen molar-refractivity contribution in [3.05, 3.63) is 11.1 Å². The third kappa shape index (κ3) is 6.18. The summed E-state index contributed by atoms with van der Waals surface area (Å²) in [4.78, 5) is 52.3. The molecule has 0 bridgehead atoms.